The van der Waals surface area contributed by atoms with Crippen molar-refractivity contribution in [1.82, 2.24) is 29.4 Å². The van der Waals surface area contributed by atoms with Crippen LogP contribution in [-0.2, 0) is 47.9 Å². The van der Waals surface area contributed by atoms with Gasteiger partial charge in [0.25, 0.3) is 0 Å². The molecule has 9 heterocycles. The molecule has 464 valence electrons. The number of benzene rings is 3. The zero-order valence-electron chi connectivity index (χ0n) is 50.5. The Balaban J connectivity index is 0.000000152. The molecule has 21 heteroatoms. The minimum Gasteiger partial charge on any atom is -0.453 e. The topological polar surface area (TPSA) is 159 Å². The van der Waals surface area contributed by atoms with Crippen LogP contribution in [0.15, 0.2) is 36.4 Å². The summed E-state index contributed by atoms with van der Waals surface area (Å²) in [7, 11) is 4.26. The molecular formula is C64H88F3N9O9. The molecule has 9 aliphatic heterocycles. The molecule has 3 atom stereocenters. The molecule has 0 aliphatic carbocycles. The fourth-order valence-corrected chi connectivity index (χ4v) is 15.0. The molecule has 9 aliphatic rings. The Morgan fingerprint density at radius 2 is 0.659 bits per heavy atom. The van der Waals surface area contributed by atoms with E-state index >= 15 is 0 Å². The van der Waals surface area contributed by atoms with Gasteiger partial charge in [0.1, 0.15) is 17.5 Å². The van der Waals surface area contributed by atoms with Crippen molar-refractivity contribution in [2.45, 2.75) is 161 Å². The lowest BCUT2D eigenvalue weighted by Gasteiger charge is -2.44. The summed E-state index contributed by atoms with van der Waals surface area (Å²) >= 11 is 0. The molecule has 12 rings (SSSR count). The van der Waals surface area contributed by atoms with Gasteiger partial charge in [0.05, 0.1) is 40.6 Å². The molecule has 3 aromatic rings. The van der Waals surface area contributed by atoms with Crippen molar-refractivity contribution in [3.8, 4) is 0 Å². The monoisotopic (exact) mass is 1180 g/mol. The molecule has 6 fully saturated rings. The van der Waals surface area contributed by atoms with Crippen molar-refractivity contribution >= 4 is 53.1 Å². The smallest absolute Gasteiger partial charge is 0.409 e. The highest BCUT2D eigenvalue weighted by Crippen LogP contribution is 2.41. The summed E-state index contributed by atoms with van der Waals surface area (Å²) in [6.45, 7) is 21.3. The van der Waals surface area contributed by atoms with Crippen LogP contribution in [0.1, 0.15) is 119 Å². The molecule has 0 saturated carbocycles. The first-order valence-electron chi connectivity index (χ1n) is 30.0. The number of anilines is 3. The highest BCUT2D eigenvalue weighted by atomic mass is 19.1. The van der Waals surface area contributed by atoms with Crippen molar-refractivity contribution < 1.29 is 56.1 Å². The van der Waals surface area contributed by atoms with Crippen molar-refractivity contribution in [3.63, 3.8) is 0 Å². The maximum atomic E-state index is 13.9. The number of hydrogen-bond acceptors (Lipinski definition) is 12. The number of fused-ring (bicyclic) bond motifs is 3. The highest BCUT2D eigenvalue weighted by molar-refractivity contribution is 6.03. The van der Waals surface area contributed by atoms with Crippen LogP contribution in [0.3, 0.4) is 0 Å². The molecule has 0 radical (unpaired) electrons. The minimum absolute atomic E-state index is 0. The molecule has 0 spiro atoms. The highest BCUT2D eigenvalue weighted by Gasteiger charge is 2.48. The Kier molecular flexibility index (Phi) is 18.6. The second-order valence-electron chi connectivity index (χ2n) is 25.6. The van der Waals surface area contributed by atoms with Gasteiger partial charge < -0.3 is 43.6 Å². The van der Waals surface area contributed by atoms with Crippen LogP contribution >= 0.6 is 0 Å². The van der Waals surface area contributed by atoms with E-state index < -0.39 is 0 Å². The van der Waals surface area contributed by atoms with Gasteiger partial charge in [-0.2, -0.15) is 0 Å². The summed E-state index contributed by atoms with van der Waals surface area (Å²) in [5.74, 6) is -0.514. The second-order valence-corrected chi connectivity index (χ2v) is 25.6. The SMILES string of the molecule is C.COC(=O)N1CCC(C)(N2CCC(N3C(=O)Cc4cc(F)c(C)cc43)CC2)C1.COC(=O)N1CCC(C)(N2CCC(N3C(=O)Cc4cc(F)c(C)cc43)CC2)C1.COC(=O)N1CCC(C)(N2CCC(N3C(=O)Cc4cc(F)c(C)cc43)CC2)C1. The van der Waals surface area contributed by atoms with Crippen LogP contribution in [0, 0.1) is 38.2 Å². The molecule has 3 aromatic carbocycles. The van der Waals surface area contributed by atoms with E-state index in [0.29, 0.717) is 75.2 Å². The lowest BCUT2D eigenvalue weighted by Crippen LogP contribution is -2.55. The Morgan fingerprint density at radius 3 is 0.882 bits per heavy atom. The normalized spacial score (nSPS) is 25.8. The van der Waals surface area contributed by atoms with E-state index in [2.05, 4.69) is 35.5 Å². The number of ether oxygens (including phenoxy) is 3. The molecule has 6 saturated heterocycles. The van der Waals surface area contributed by atoms with Crippen molar-refractivity contribution in [2.24, 2.45) is 0 Å². The van der Waals surface area contributed by atoms with Gasteiger partial charge in [-0.15, -0.1) is 0 Å². The number of likely N-dealkylation sites (tertiary alicyclic amines) is 6. The minimum atomic E-state index is -0.263. The largest absolute Gasteiger partial charge is 0.453 e. The fourth-order valence-electron chi connectivity index (χ4n) is 15.0. The van der Waals surface area contributed by atoms with E-state index in [9.17, 15) is 41.9 Å². The van der Waals surface area contributed by atoms with Gasteiger partial charge in [0.15, 0.2) is 0 Å². The van der Waals surface area contributed by atoms with Crippen molar-refractivity contribution in [2.75, 3.05) is 115 Å². The summed E-state index contributed by atoms with van der Waals surface area (Å²) in [6, 6.07) is 10.4. The summed E-state index contributed by atoms with van der Waals surface area (Å²) in [5.41, 5.74) is 6.63. The maximum Gasteiger partial charge on any atom is 0.409 e. The maximum absolute atomic E-state index is 13.9. The number of nitrogens with zero attached hydrogens (tertiary/aromatic N) is 9. The predicted octanol–water partition coefficient (Wildman–Crippen LogP) is 8.79. The number of amides is 6. The molecule has 3 unspecified atom stereocenters. The van der Waals surface area contributed by atoms with Gasteiger partial charge in [0, 0.05) is 130 Å². The Bertz CT molecular complexity index is 2740. The van der Waals surface area contributed by atoms with Gasteiger partial charge in [-0.3, -0.25) is 29.1 Å². The van der Waals surface area contributed by atoms with E-state index in [1.165, 1.54) is 39.5 Å². The summed E-state index contributed by atoms with van der Waals surface area (Å²) < 4.78 is 56.2. The molecule has 0 bridgehead atoms. The van der Waals surface area contributed by atoms with E-state index in [0.717, 1.165) is 131 Å². The first kappa shape index (κ1) is 63.1. The predicted molar refractivity (Wildman–Crippen MR) is 318 cm³/mol. The number of rotatable bonds is 6. The second kappa shape index (κ2) is 25.1. The van der Waals surface area contributed by atoms with Gasteiger partial charge >= 0.3 is 18.3 Å². The average molecular weight is 1180 g/mol. The lowest BCUT2D eigenvalue weighted by molar-refractivity contribution is -0.118. The number of piperidine rings is 3. The first-order valence-corrected chi connectivity index (χ1v) is 30.0. The first-order chi connectivity index (χ1) is 40.0. The van der Waals surface area contributed by atoms with Crippen molar-refractivity contribution in [1.29, 1.82) is 0 Å². The summed E-state index contributed by atoms with van der Waals surface area (Å²) in [4.78, 5) is 91.7. The van der Waals surface area contributed by atoms with E-state index in [1.54, 1.807) is 35.5 Å². The lowest BCUT2D eigenvalue weighted by atomic mass is 9.93. The van der Waals surface area contributed by atoms with Crippen molar-refractivity contribution in [3.05, 3.63) is 87.2 Å². The van der Waals surface area contributed by atoms with Gasteiger partial charge in [0.2, 0.25) is 17.7 Å². The molecule has 0 aromatic heterocycles. The third-order valence-corrected chi connectivity index (χ3v) is 20.1. The van der Waals surface area contributed by atoms with Crippen LogP contribution in [0.25, 0.3) is 0 Å². The zero-order chi connectivity index (χ0) is 60.2. The zero-order valence-corrected chi connectivity index (χ0v) is 50.5. The van der Waals surface area contributed by atoms with Gasteiger partial charge in [-0.25, -0.2) is 27.6 Å². The molecule has 18 nitrogen and oxygen atoms in total. The van der Waals surface area contributed by atoms with Crippen LogP contribution < -0.4 is 14.7 Å². The summed E-state index contributed by atoms with van der Waals surface area (Å²) in [5, 5.41) is 0. The Labute approximate surface area is 499 Å². The van der Waals surface area contributed by atoms with E-state index in [-0.39, 0.29) is 95.6 Å². The molecule has 6 amide bonds. The number of hydrogen-bond donors (Lipinski definition) is 0. The third-order valence-electron chi connectivity index (χ3n) is 20.1. The fraction of sp³-hybridized carbons (Fsp3) is 0.625. The number of carbonyl (C=O) groups excluding carboxylic acids is 6. The van der Waals surface area contributed by atoms with Crippen LogP contribution in [0.2, 0.25) is 0 Å². The van der Waals surface area contributed by atoms with Gasteiger partial charge in [-0.05, 0) is 169 Å². The van der Waals surface area contributed by atoms with Crippen LogP contribution in [0.5, 0.6) is 0 Å². The molecular weight excluding hydrogens is 1100 g/mol. The Morgan fingerprint density at radius 1 is 0.424 bits per heavy atom. The number of methoxy groups -OCH3 is 3. The van der Waals surface area contributed by atoms with E-state index in [4.69, 9.17) is 14.2 Å². The third kappa shape index (κ3) is 12.5. The molecule has 0 N–H and O–H groups in total. The number of carbonyl (C=O) groups is 6. The average Bonchev–Trinajstić information content (AvgIpc) is 2.05. The van der Waals surface area contributed by atoms with Crippen LogP contribution in [-0.4, -0.2) is 200 Å². The van der Waals surface area contributed by atoms with Crippen LogP contribution in [0.4, 0.5) is 44.6 Å². The quantitative estimate of drug-likeness (QED) is 0.216. The van der Waals surface area contributed by atoms with Gasteiger partial charge in [-0.1, -0.05) is 7.43 Å². The Hall–Kier alpha value is -6.45. The van der Waals surface area contributed by atoms with E-state index in [1.807, 2.05) is 32.9 Å². The number of halogens is 3. The molecule has 85 heavy (non-hydrogen) atoms. The standard InChI is InChI=1S/3C21H28FN3O3.CH4/c3*1-14-10-18-15(11-17(14)22)12-19(26)25(18)16-4-7-24(8-5-16)21(2)6-9-23(13-21)20(27)28-3;/h3*10-11,16H,4-9,12-13H2,1-3H3;1H4. The number of aryl methyl sites for hydroxylation is 3. The summed E-state index contributed by atoms with van der Waals surface area (Å²) in [6.07, 6.45) is 8.17.